The number of benzene rings is 2. The van der Waals surface area contributed by atoms with Gasteiger partial charge in [0.2, 0.25) is 0 Å². The number of hydrogen-bond donors (Lipinski definition) is 4. The molecule has 6 heteroatoms. The van der Waals surface area contributed by atoms with Gasteiger partial charge in [0.1, 0.15) is 0 Å². The van der Waals surface area contributed by atoms with Crippen LogP contribution in [0.5, 0.6) is 0 Å². The lowest BCUT2D eigenvalue weighted by Crippen LogP contribution is -2.53. The maximum atomic E-state index is 12.5. The fourth-order valence-corrected chi connectivity index (χ4v) is 3.25. The Labute approximate surface area is 153 Å². The third-order valence-electron chi connectivity index (χ3n) is 4.74. The van der Waals surface area contributed by atoms with Crippen molar-refractivity contribution in [2.45, 2.75) is 37.8 Å². The molecule has 0 bridgehead atoms. The molecule has 2 aromatic carbocycles. The molecule has 0 saturated heterocycles. The van der Waals surface area contributed by atoms with E-state index in [9.17, 15) is 9.59 Å². The van der Waals surface area contributed by atoms with Crippen LogP contribution >= 0.6 is 0 Å². The van der Waals surface area contributed by atoms with Crippen LogP contribution in [-0.2, 0) is 0 Å². The van der Waals surface area contributed by atoms with Crippen molar-refractivity contribution in [1.29, 1.82) is 0 Å². The molecule has 0 unspecified atom stereocenters. The zero-order valence-corrected chi connectivity index (χ0v) is 14.6. The van der Waals surface area contributed by atoms with Crippen molar-refractivity contribution >= 4 is 23.2 Å². The molecule has 2 atom stereocenters. The van der Waals surface area contributed by atoms with Gasteiger partial charge in [-0.1, -0.05) is 12.8 Å². The van der Waals surface area contributed by atoms with Crippen molar-refractivity contribution in [2.24, 2.45) is 0 Å². The van der Waals surface area contributed by atoms with Crippen molar-refractivity contribution in [1.82, 2.24) is 10.6 Å². The molecule has 0 spiro atoms. The zero-order valence-electron chi connectivity index (χ0n) is 14.6. The fraction of sp³-hybridized carbons (Fsp3) is 0.300. The van der Waals surface area contributed by atoms with Gasteiger partial charge in [-0.3, -0.25) is 9.59 Å². The number of rotatable bonds is 4. The third kappa shape index (κ3) is 4.33. The van der Waals surface area contributed by atoms with E-state index in [1.165, 1.54) is 0 Å². The van der Waals surface area contributed by atoms with Gasteiger partial charge in [0.05, 0.1) is 0 Å². The Morgan fingerprint density at radius 2 is 1.04 bits per heavy atom. The average molecular weight is 352 g/mol. The van der Waals surface area contributed by atoms with E-state index in [0.717, 1.165) is 25.7 Å². The summed E-state index contributed by atoms with van der Waals surface area (Å²) in [5, 5.41) is 6.11. The molecule has 2 amide bonds. The zero-order chi connectivity index (χ0) is 18.5. The third-order valence-corrected chi connectivity index (χ3v) is 4.74. The van der Waals surface area contributed by atoms with Crippen LogP contribution in [0.4, 0.5) is 11.4 Å². The van der Waals surface area contributed by atoms with E-state index in [4.69, 9.17) is 11.5 Å². The Bertz CT molecular complexity index is 704. The van der Waals surface area contributed by atoms with E-state index in [2.05, 4.69) is 10.6 Å². The molecule has 1 saturated carbocycles. The highest BCUT2D eigenvalue weighted by molar-refractivity contribution is 5.96. The van der Waals surface area contributed by atoms with E-state index in [1.807, 2.05) is 0 Å². The molecule has 1 aliphatic carbocycles. The predicted molar refractivity (Wildman–Crippen MR) is 103 cm³/mol. The van der Waals surface area contributed by atoms with E-state index in [0.29, 0.717) is 22.5 Å². The molecule has 1 fully saturated rings. The summed E-state index contributed by atoms with van der Waals surface area (Å²) in [6.45, 7) is 0. The van der Waals surface area contributed by atoms with Crippen LogP contribution in [0, 0.1) is 0 Å². The molecule has 0 aromatic heterocycles. The van der Waals surface area contributed by atoms with Gasteiger partial charge in [0.15, 0.2) is 0 Å². The monoisotopic (exact) mass is 352 g/mol. The number of nitrogens with one attached hydrogen (secondary N) is 2. The number of nitrogens with two attached hydrogens (primary N) is 2. The Morgan fingerprint density at radius 3 is 1.38 bits per heavy atom. The van der Waals surface area contributed by atoms with Crippen LogP contribution in [-0.4, -0.2) is 23.9 Å². The molecule has 2 aromatic rings. The van der Waals surface area contributed by atoms with Gasteiger partial charge in [0, 0.05) is 34.6 Å². The van der Waals surface area contributed by atoms with Crippen LogP contribution < -0.4 is 22.1 Å². The highest BCUT2D eigenvalue weighted by Crippen LogP contribution is 2.20. The van der Waals surface area contributed by atoms with E-state index < -0.39 is 0 Å². The maximum absolute atomic E-state index is 12.5. The molecule has 0 radical (unpaired) electrons. The number of anilines is 2. The number of carbonyl (C=O) groups excluding carboxylic acids is 2. The highest BCUT2D eigenvalue weighted by Gasteiger charge is 2.28. The van der Waals surface area contributed by atoms with Crippen LogP contribution in [0.1, 0.15) is 46.4 Å². The summed E-state index contributed by atoms with van der Waals surface area (Å²) in [4.78, 5) is 25.0. The van der Waals surface area contributed by atoms with E-state index in [1.54, 1.807) is 48.5 Å². The molecule has 3 rings (SSSR count). The second-order valence-electron chi connectivity index (χ2n) is 6.69. The first kappa shape index (κ1) is 17.8. The molecule has 136 valence electrons. The highest BCUT2D eigenvalue weighted by atomic mass is 16.2. The van der Waals surface area contributed by atoms with Gasteiger partial charge in [-0.25, -0.2) is 0 Å². The molecule has 1 aliphatic rings. The number of amides is 2. The minimum atomic E-state index is -0.149. The quantitative estimate of drug-likeness (QED) is 0.633. The smallest absolute Gasteiger partial charge is 0.251 e. The first-order valence-corrected chi connectivity index (χ1v) is 8.86. The topological polar surface area (TPSA) is 110 Å². The number of carbonyl (C=O) groups is 2. The minimum Gasteiger partial charge on any atom is -0.399 e. The Balaban J connectivity index is 1.65. The average Bonchev–Trinajstić information content (AvgIpc) is 2.64. The van der Waals surface area contributed by atoms with Gasteiger partial charge >= 0.3 is 0 Å². The standard InChI is InChI=1S/C20H24N4O2/c21-15-9-5-13(6-10-15)19(25)23-17-3-1-2-4-18(17)24-20(26)14-7-11-16(22)12-8-14/h5-12,17-18H,1-4,21-22H2,(H,23,25)(H,24,26)/t17-,18-/m1/s1. The van der Waals surface area contributed by atoms with Gasteiger partial charge < -0.3 is 22.1 Å². The SMILES string of the molecule is Nc1ccc(C(=O)N[C@@H]2CCCC[C@H]2NC(=O)c2ccc(N)cc2)cc1. The van der Waals surface area contributed by atoms with Crippen molar-refractivity contribution in [3.05, 3.63) is 59.7 Å². The van der Waals surface area contributed by atoms with Gasteiger partial charge in [0.25, 0.3) is 11.8 Å². The van der Waals surface area contributed by atoms with Crippen LogP contribution in [0.25, 0.3) is 0 Å². The summed E-state index contributed by atoms with van der Waals surface area (Å²) in [7, 11) is 0. The second kappa shape index (κ2) is 7.91. The summed E-state index contributed by atoms with van der Waals surface area (Å²) >= 11 is 0. The molecule has 0 aliphatic heterocycles. The first-order valence-electron chi connectivity index (χ1n) is 8.86. The van der Waals surface area contributed by atoms with Crippen LogP contribution in [0.2, 0.25) is 0 Å². The van der Waals surface area contributed by atoms with Crippen molar-refractivity contribution < 1.29 is 9.59 Å². The van der Waals surface area contributed by atoms with Crippen molar-refractivity contribution in [2.75, 3.05) is 11.5 Å². The largest absolute Gasteiger partial charge is 0.399 e. The van der Waals surface area contributed by atoms with E-state index in [-0.39, 0.29) is 23.9 Å². The van der Waals surface area contributed by atoms with Gasteiger partial charge in [-0.2, -0.15) is 0 Å². The fourth-order valence-electron chi connectivity index (χ4n) is 3.25. The molecular weight excluding hydrogens is 328 g/mol. The summed E-state index contributed by atoms with van der Waals surface area (Å²) in [5.41, 5.74) is 13.7. The maximum Gasteiger partial charge on any atom is 0.251 e. The van der Waals surface area contributed by atoms with E-state index >= 15 is 0 Å². The predicted octanol–water partition coefficient (Wildman–Crippen LogP) is 2.32. The normalized spacial score (nSPS) is 19.5. The van der Waals surface area contributed by atoms with Crippen molar-refractivity contribution in [3.8, 4) is 0 Å². The lowest BCUT2D eigenvalue weighted by atomic mass is 9.89. The van der Waals surface area contributed by atoms with Crippen LogP contribution in [0.15, 0.2) is 48.5 Å². The lowest BCUT2D eigenvalue weighted by molar-refractivity contribution is 0.0863. The molecular formula is C20H24N4O2. The summed E-state index contributed by atoms with van der Waals surface area (Å²) < 4.78 is 0. The first-order chi connectivity index (χ1) is 12.5. The minimum absolute atomic E-state index is 0.0912. The summed E-state index contributed by atoms with van der Waals surface area (Å²) in [6.07, 6.45) is 3.74. The van der Waals surface area contributed by atoms with Crippen LogP contribution in [0.3, 0.4) is 0 Å². The Kier molecular flexibility index (Phi) is 5.41. The molecule has 6 N–H and O–H groups in total. The summed E-state index contributed by atoms with van der Waals surface area (Å²) in [5.74, 6) is -0.299. The Hall–Kier alpha value is -3.02. The van der Waals surface area contributed by atoms with Gasteiger partial charge in [-0.15, -0.1) is 0 Å². The number of hydrogen-bond acceptors (Lipinski definition) is 4. The summed E-state index contributed by atoms with van der Waals surface area (Å²) in [6, 6.07) is 13.5. The van der Waals surface area contributed by atoms with Gasteiger partial charge in [-0.05, 0) is 61.4 Å². The lowest BCUT2D eigenvalue weighted by Gasteiger charge is -2.33. The Morgan fingerprint density at radius 1 is 0.692 bits per heavy atom. The molecule has 26 heavy (non-hydrogen) atoms. The molecule has 6 nitrogen and oxygen atoms in total. The van der Waals surface area contributed by atoms with Crippen molar-refractivity contribution in [3.63, 3.8) is 0 Å². The number of nitrogen functional groups attached to an aromatic ring is 2. The molecule has 0 heterocycles. The second-order valence-corrected chi connectivity index (χ2v) is 6.69.